The summed E-state index contributed by atoms with van der Waals surface area (Å²) >= 11 is 0. The molecule has 1 heterocycles. The summed E-state index contributed by atoms with van der Waals surface area (Å²) in [6.07, 6.45) is 3.41. The summed E-state index contributed by atoms with van der Waals surface area (Å²) in [6, 6.07) is 8.15. The predicted octanol–water partition coefficient (Wildman–Crippen LogP) is 3.67. The third-order valence-electron chi connectivity index (χ3n) is 3.54. The fourth-order valence-corrected chi connectivity index (χ4v) is 2.47. The Labute approximate surface area is 131 Å². The Morgan fingerprint density at radius 1 is 1.05 bits per heavy atom. The molecule has 0 N–H and O–H groups in total. The van der Waals surface area contributed by atoms with Crippen molar-refractivity contribution >= 4 is 24.0 Å². The van der Waals surface area contributed by atoms with Crippen LogP contribution >= 0.6 is 0 Å². The maximum atomic E-state index is 10.9. The van der Waals surface area contributed by atoms with Gasteiger partial charge in [-0.2, -0.15) is 0 Å². The first kappa shape index (κ1) is 15.9. The SMILES string of the molecule is CC(=O)N=Cc1ccc(C=Nc2c(C)cc(C)cc2C)n1C. The lowest BCUT2D eigenvalue weighted by atomic mass is 10.1. The van der Waals surface area contributed by atoms with E-state index in [2.05, 4.69) is 42.9 Å². The second kappa shape index (κ2) is 6.52. The maximum Gasteiger partial charge on any atom is 0.242 e. The smallest absolute Gasteiger partial charge is 0.242 e. The quantitative estimate of drug-likeness (QED) is 0.797. The number of carbonyl (C=O) groups excluding carboxylic acids is 1. The second-order valence-corrected chi connectivity index (χ2v) is 5.52. The summed E-state index contributed by atoms with van der Waals surface area (Å²) in [4.78, 5) is 19.3. The van der Waals surface area contributed by atoms with Crippen molar-refractivity contribution in [2.75, 3.05) is 0 Å². The van der Waals surface area contributed by atoms with Gasteiger partial charge in [0.05, 0.1) is 29.5 Å². The third kappa shape index (κ3) is 3.58. The van der Waals surface area contributed by atoms with E-state index in [1.165, 1.54) is 23.6 Å². The zero-order chi connectivity index (χ0) is 16.3. The van der Waals surface area contributed by atoms with Crippen LogP contribution in [0, 0.1) is 20.8 Å². The van der Waals surface area contributed by atoms with Crippen molar-refractivity contribution in [3.05, 3.63) is 52.3 Å². The minimum atomic E-state index is -0.206. The van der Waals surface area contributed by atoms with Crippen LogP contribution in [0.15, 0.2) is 34.3 Å². The number of aliphatic imine (C=N–C) groups is 2. The van der Waals surface area contributed by atoms with Crippen molar-refractivity contribution in [1.29, 1.82) is 0 Å². The molecule has 4 nitrogen and oxygen atoms in total. The highest BCUT2D eigenvalue weighted by molar-refractivity contribution is 5.91. The fraction of sp³-hybridized carbons (Fsp3) is 0.278. The molecule has 22 heavy (non-hydrogen) atoms. The van der Waals surface area contributed by atoms with Crippen LogP contribution in [0.1, 0.15) is 35.0 Å². The Morgan fingerprint density at radius 2 is 1.59 bits per heavy atom. The molecule has 4 heteroatoms. The first-order chi connectivity index (χ1) is 10.4. The van der Waals surface area contributed by atoms with E-state index >= 15 is 0 Å². The lowest BCUT2D eigenvalue weighted by Gasteiger charge is -2.06. The number of carbonyl (C=O) groups is 1. The summed E-state index contributed by atoms with van der Waals surface area (Å²) in [5.74, 6) is -0.206. The van der Waals surface area contributed by atoms with Crippen LogP contribution in [0.2, 0.25) is 0 Å². The number of rotatable bonds is 3. The van der Waals surface area contributed by atoms with E-state index < -0.39 is 0 Å². The van der Waals surface area contributed by atoms with Gasteiger partial charge in [0.2, 0.25) is 5.91 Å². The molecule has 1 amide bonds. The largest absolute Gasteiger partial charge is 0.342 e. The van der Waals surface area contributed by atoms with Gasteiger partial charge in [-0.1, -0.05) is 17.7 Å². The van der Waals surface area contributed by atoms with Crippen LogP contribution in [0.5, 0.6) is 0 Å². The monoisotopic (exact) mass is 295 g/mol. The van der Waals surface area contributed by atoms with Crippen molar-refractivity contribution < 1.29 is 4.79 Å². The van der Waals surface area contributed by atoms with Gasteiger partial charge in [0, 0.05) is 14.0 Å². The van der Waals surface area contributed by atoms with E-state index in [-0.39, 0.29) is 5.91 Å². The molecule has 0 aliphatic carbocycles. The Hall–Kier alpha value is -2.49. The van der Waals surface area contributed by atoms with Crippen LogP contribution < -0.4 is 0 Å². The van der Waals surface area contributed by atoms with Gasteiger partial charge in [0.1, 0.15) is 0 Å². The average molecular weight is 295 g/mol. The lowest BCUT2D eigenvalue weighted by Crippen LogP contribution is -2.00. The second-order valence-electron chi connectivity index (χ2n) is 5.52. The Morgan fingerprint density at radius 3 is 2.14 bits per heavy atom. The summed E-state index contributed by atoms with van der Waals surface area (Å²) in [5, 5.41) is 0. The highest BCUT2D eigenvalue weighted by atomic mass is 16.1. The molecular weight excluding hydrogens is 274 g/mol. The van der Waals surface area contributed by atoms with Gasteiger partial charge < -0.3 is 4.57 Å². The Kier molecular flexibility index (Phi) is 4.71. The van der Waals surface area contributed by atoms with Crippen molar-refractivity contribution in [3.63, 3.8) is 0 Å². The number of benzene rings is 1. The number of nitrogens with zero attached hydrogens (tertiary/aromatic N) is 3. The average Bonchev–Trinajstić information content (AvgIpc) is 2.76. The van der Waals surface area contributed by atoms with Crippen LogP contribution in [0.4, 0.5) is 5.69 Å². The molecule has 0 aliphatic rings. The standard InChI is InChI=1S/C18H21N3O/c1-12-8-13(2)18(14(3)9-12)20-11-17-7-6-16(21(17)5)10-19-15(4)22/h6-11H,1-5H3. The summed E-state index contributed by atoms with van der Waals surface area (Å²) in [5.41, 5.74) is 6.42. The molecule has 114 valence electrons. The van der Waals surface area contributed by atoms with E-state index in [0.717, 1.165) is 17.1 Å². The first-order valence-corrected chi connectivity index (χ1v) is 7.20. The molecule has 0 aliphatic heterocycles. The highest BCUT2D eigenvalue weighted by Gasteiger charge is 2.04. The molecule has 0 saturated carbocycles. The number of aromatic nitrogens is 1. The zero-order valence-electron chi connectivity index (χ0n) is 13.7. The number of amides is 1. The van der Waals surface area contributed by atoms with Crippen molar-refractivity contribution in [1.82, 2.24) is 4.57 Å². The van der Waals surface area contributed by atoms with Crippen LogP contribution in [-0.2, 0) is 11.8 Å². The van der Waals surface area contributed by atoms with Crippen LogP contribution in [0.3, 0.4) is 0 Å². The van der Waals surface area contributed by atoms with Crippen molar-refractivity contribution in [2.24, 2.45) is 17.0 Å². The van der Waals surface area contributed by atoms with Gasteiger partial charge in [0.25, 0.3) is 0 Å². The van der Waals surface area contributed by atoms with E-state index in [1.54, 1.807) is 6.21 Å². The minimum absolute atomic E-state index is 0.206. The summed E-state index contributed by atoms with van der Waals surface area (Å²) in [7, 11) is 1.93. The molecule has 0 unspecified atom stereocenters. The normalized spacial score (nSPS) is 11.7. The highest BCUT2D eigenvalue weighted by Crippen LogP contribution is 2.24. The topological polar surface area (TPSA) is 46.7 Å². The molecular formula is C18H21N3O. The number of aryl methyl sites for hydroxylation is 3. The molecule has 1 aromatic carbocycles. The third-order valence-corrected chi connectivity index (χ3v) is 3.54. The van der Waals surface area contributed by atoms with Gasteiger partial charge >= 0.3 is 0 Å². The van der Waals surface area contributed by atoms with Crippen molar-refractivity contribution in [3.8, 4) is 0 Å². The fourth-order valence-electron chi connectivity index (χ4n) is 2.47. The Balaban J connectivity index is 2.30. The van der Waals surface area contributed by atoms with Crippen LogP contribution in [-0.4, -0.2) is 22.9 Å². The van der Waals surface area contributed by atoms with Gasteiger partial charge in [-0.05, 0) is 44.0 Å². The zero-order valence-corrected chi connectivity index (χ0v) is 13.7. The molecule has 2 rings (SSSR count). The van der Waals surface area contributed by atoms with Gasteiger partial charge in [-0.3, -0.25) is 9.79 Å². The maximum absolute atomic E-state index is 10.9. The molecule has 0 fully saturated rings. The van der Waals surface area contributed by atoms with E-state index in [4.69, 9.17) is 0 Å². The molecule has 2 aromatic rings. The lowest BCUT2D eigenvalue weighted by molar-refractivity contribution is -0.115. The van der Waals surface area contributed by atoms with E-state index in [1.807, 2.05) is 30.0 Å². The first-order valence-electron chi connectivity index (χ1n) is 7.20. The van der Waals surface area contributed by atoms with Gasteiger partial charge in [0.15, 0.2) is 0 Å². The Bertz CT molecular complexity index is 744. The van der Waals surface area contributed by atoms with Gasteiger partial charge in [-0.25, -0.2) is 4.99 Å². The molecule has 1 aromatic heterocycles. The number of hydrogen-bond acceptors (Lipinski definition) is 2. The van der Waals surface area contributed by atoms with E-state index in [0.29, 0.717) is 0 Å². The van der Waals surface area contributed by atoms with Crippen LogP contribution in [0.25, 0.3) is 0 Å². The molecule has 0 bridgehead atoms. The predicted molar refractivity (Wildman–Crippen MR) is 91.6 cm³/mol. The molecule has 0 saturated heterocycles. The number of hydrogen-bond donors (Lipinski definition) is 0. The van der Waals surface area contributed by atoms with Gasteiger partial charge in [-0.15, -0.1) is 0 Å². The molecule has 0 radical (unpaired) electrons. The summed E-state index contributed by atoms with van der Waals surface area (Å²) < 4.78 is 1.95. The van der Waals surface area contributed by atoms with E-state index in [9.17, 15) is 4.79 Å². The molecule has 0 atom stereocenters. The summed E-state index contributed by atoms with van der Waals surface area (Å²) in [6.45, 7) is 7.67. The van der Waals surface area contributed by atoms with Crippen molar-refractivity contribution in [2.45, 2.75) is 27.7 Å². The minimum Gasteiger partial charge on any atom is -0.342 e. The molecule has 0 spiro atoms.